The standard InChI is InChI=1S/C35H38FN3O5S/c1-3-4-23-37-35(41)33(24-27-13-7-5-8-14-27)38(25-28-15-11-12-18-32(28)36)34(40)26-39(29-16-9-6-10-17-29)45(42,43)31-21-19-30(44-2)20-22-31/h5-22,33H,3-4,23-26H2,1-2H3,(H,37,41). The zero-order chi connectivity index (χ0) is 32.2. The van der Waals surface area contributed by atoms with Crippen LogP contribution in [0.15, 0.2) is 114 Å². The van der Waals surface area contributed by atoms with Gasteiger partial charge in [0.2, 0.25) is 11.8 Å². The second-order valence-electron chi connectivity index (χ2n) is 10.5. The zero-order valence-electron chi connectivity index (χ0n) is 25.4. The maximum absolute atomic E-state index is 15.0. The Hall–Kier alpha value is -4.70. The molecule has 0 saturated carbocycles. The summed E-state index contributed by atoms with van der Waals surface area (Å²) in [7, 11) is -2.78. The summed E-state index contributed by atoms with van der Waals surface area (Å²) in [4.78, 5) is 29.4. The van der Waals surface area contributed by atoms with Gasteiger partial charge < -0.3 is 15.0 Å². The number of hydrogen-bond acceptors (Lipinski definition) is 5. The first-order valence-corrected chi connectivity index (χ1v) is 16.2. The molecule has 236 valence electrons. The van der Waals surface area contributed by atoms with E-state index in [0.717, 1.165) is 22.7 Å². The highest BCUT2D eigenvalue weighted by Crippen LogP contribution is 2.26. The second-order valence-corrected chi connectivity index (χ2v) is 12.3. The predicted molar refractivity (Wildman–Crippen MR) is 173 cm³/mol. The molecule has 0 aliphatic heterocycles. The number of hydrogen-bond donors (Lipinski definition) is 1. The topological polar surface area (TPSA) is 96.0 Å². The lowest BCUT2D eigenvalue weighted by Gasteiger charge is -2.34. The second kappa shape index (κ2) is 15.9. The summed E-state index contributed by atoms with van der Waals surface area (Å²) in [5, 5.41) is 2.92. The van der Waals surface area contributed by atoms with Gasteiger partial charge in [-0.1, -0.05) is 80.1 Å². The van der Waals surface area contributed by atoms with Crippen molar-refractivity contribution in [2.45, 2.75) is 43.7 Å². The lowest BCUT2D eigenvalue weighted by atomic mass is 10.0. The van der Waals surface area contributed by atoms with E-state index in [1.165, 1.54) is 42.3 Å². The summed E-state index contributed by atoms with van der Waals surface area (Å²) in [5.41, 5.74) is 1.26. The Morgan fingerprint density at radius 3 is 2.11 bits per heavy atom. The number of sulfonamides is 1. The van der Waals surface area contributed by atoms with Gasteiger partial charge in [0, 0.05) is 25.1 Å². The van der Waals surface area contributed by atoms with E-state index in [9.17, 15) is 22.4 Å². The lowest BCUT2D eigenvalue weighted by molar-refractivity contribution is -0.140. The Bertz CT molecular complexity index is 1650. The monoisotopic (exact) mass is 631 g/mol. The van der Waals surface area contributed by atoms with Crippen molar-refractivity contribution in [1.82, 2.24) is 10.2 Å². The van der Waals surface area contributed by atoms with E-state index in [1.54, 1.807) is 48.5 Å². The van der Waals surface area contributed by atoms with E-state index in [1.807, 2.05) is 37.3 Å². The number of nitrogens with zero attached hydrogens (tertiary/aromatic N) is 2. The summed E-state index contributed by atoms with van der Waals surface area (Å²) >= 11 is 0. The highest BCUT2D eigenvalue weighted by atomic mass is 32.2. The number of unbranched alkanes of at least 4 members (excludes halogenated alkanes) is 1. The van der Waals surface area contributed by atoms with Crippen LogP contribution in [-0.2, 0) is 32.6 Å². The third kappa shape index (κ3) is 8.69. The molecule has 0 radical (unpaired) electrons. The molecule has 0 fully saturated rings. The van der Waals surface area contributed by atoms with Crippen molar-refractivity contribution in [3.8, 4) is 5.75 Å². The van der Waals surface area contributed by atoms with Crippen LogP contribution in [0.4, 0.5) is 10.1 Å². The first-order valence-electron chi connectivity index (χ1n) is 14.8. The minimum atomic E-state index is -4.26. The predicted octanol–water partition coefficient (Wildman–Crippen LogP) is 5.59. The molecule has 45 heavy (non-hydrogen) atoms. The average Bonchev–Trinajstić information content (AvgIpc) is 3.06. The van der Waals surface area contributed by atoms with E-state index in [4.69, 9.17) is 4.74 Å². The maximum Gasteiger partial charge on any atom is 0.264 e. The molecular formula is C35H38FN3O5S. The number of para-hydroxylation sites is 1. The van der Waals surface area contributed by atoms with Crippen LogP contribution >= 0.6 is 0 Å². The average molecular weight is 632 g/mol. The number of ether oxygens (including phenoxy) is 1. The van der Waals surface area contributed by atoms with Crippen LogP contribution < -0.4 is 14.4 Å². The van der Waals surface area contributed by atoms with Crippen molar-refractivity contribution >= 4 is 27.5 Å². The fourth-order valence-electron chi connectivity index (χ4n) is 4.87. The molecule has 1 atom stereocenters. The van der Waals surface area contributed by atoms with Gasteiger partial charge in [0.05, 0.1) is 17.7 Å². The van der Waals surface area contributed by atoms with Gasteiger partial charge in [-0.05, 0) is 54.4 Å². The number of carbonyl (C=O) groups is 2. The third-order valence-corrected chi connectivity index (χ3v) is 9.16. The molecule has 0 spiro atoms. The molecule has 0 aliphatic rings. The van der Waals surface area contributed by atoms with E-state index in [2.05, 4.69) is 5.32 Å². The van der Waals surface area contributed by atoms with Gasteiger partial charge in [0.15, 0.2) is 0 Å². The number of methoxy groups -OCH3 is 1. The Morgan fingerprint density at radius 2 is 1.49 bits per heavy atom. The van der Waals surface area contributed by atoms with Crippen LogP contribution in [0.2, 0.25) is 0 Å². The Balaban J connectivity index is 1.77. The fraction of sp³-hybridized carbons (Fsp3) is 0.257. The summed E-state index contributed by atoms with van der Waals surface area (Å²) in [6.07, 6.45) is 1.75. The number of halogens is 1. The highest BCUT2D eigenvalue weighted by molar-refractivity contribution is 7.92. The molecule has 4 aromatic rings. The van der Waals surface area contributed by atoms with Crippen molar-refractivity contribution in [2.24, 2.45) is 0 Å². The van der Waals surface area contributed by atoms with Crippen LogP contribution in [-0.4, -0.2) is 51.4 Å². The molecule has 0 aromatic heterocycles. The molecule has 8 nitrogen and oxygen atoms in total. The molecule has 2 amide bonds. The largest absolute Gasteiger partial charge is 0.497 e. The first kappa shape index (κ1) is 33.2. The minimum Gasteiger partial charge on any atom is -0.497 e. The molecule has 0 heterocycles. The van der Waals surface area contributed by atoms with Gasteiger partial charge in [-0.3, -0.25) is 13.9 Å². The summed E-state index contributed by atoms with van der Waals surface area (Å²) < 4.78 is 49.3. The van der Waals surface area contributed by atoms with Crippen LogP contribution in [0, 0.1) is 5.82 Å². The number of rotatable bonds is 15. The number of anilines is 1. The Morgan fingerprint density at radius 1 is 0.867 bits per heavy atom. The first-order chi connectivity index (χ1) is 21.7. The highest BCUT2D eigenvalue weighted by Gasteiger charge is 2.35. The van der Waals surface area contributed by atoms with Crippen molar-refractivity contribution in [2.75, 3.05) is 24.5 Å². The van der Waals surface area contributed by atoms with Gasteiger partial charge in [-0.15, -0.1) is 0 Å². The number of amides is 2. The van der Waals surface area contributed by atoms with Crippen molar-refractivity contribution in [3.63, 3.8) is 0 Å². The smallest absolute Gasteiger partial charge is 0.264 e. The van der Waals surface area contributed by atoms with Gasteiger partial charge in [-0.25, -0.2) is 12.8 Å². The van der Waals surface area contributed by atoms with Crippen LogP contribution in [0.3, 0.4) is 0 Å². The van der Waals surface area contributed by atoms with Gasteiger partial charge in [0.25, 0.3) is 10.0 Å². The van der Waals surface area contributed by atoms with Gasteiger partial charge >= 0.3 is 0 Å². The molecule has 4 rings (SSSR count). The normalized spacial score (nSPS) is 11.8. The van der Waals surface area contributed by atoms with Crippen LogP contribution in [0.5, 0.6) is 5.75 Å². The molecule has 0 bridgehead atoms. The molecule has 10 heteroatoms. The van der Waals surface area contributed by atoms with Crippen molar-refractivity contribution in [3.05, 3.63) is 126 Å². The maximum atomic E-state index is 15.0. The molecule has 0 aliphatic carbocycles. The molecule has 1 N–H and O–H groups in total. The Kier molecular flexibility index (Phi) is 11.7. The number of benzene rings is 4. The summed E-state index contributed by atoms with van der Waals surface area (Å²) in [5.74, 6) is -1.12. The molecular weight excluding hydrogens is 593 g/mol. The molecule has 4 aromatic carbocycles. The van der Waals surface area contributed by atoms with Gasteiger partial charge in [0.1, 0.15) is 24.2 Å². The van der Waals surface area contributed by atoms with E-state index in [-0.39, 0.29) is 29.1 Å². The molecule has 0 saturated heterocycles. The van der Waals surface area contributed by atoms with E-state index in [0.29, 0.717) is 12.3 Å². The number of carbonyl (C=O) groups excluding carboxylic acids is 2. The summed E-state index contributed by atoms with van der Waals surface area (Å²) in [6.45, 7) is 1.54. The van der Waals surface area contributed by atoms with Gasteiger partial charge in [-0.2, -0.15) is 0 Å². The SMILES string of the molecule is CCCCNC(=O)C(Cc1ccccc1)N(Cc1ccccc1F)C(=O)CN(c1ccccc1)S(=O)(=O)c1ccc(OC)cc1. The summed E-state index contributed by atoms with van der Waals surface area (Å²) in [6, 6.07) is 28.4. The third-order valence-electron chi connectivity index (χ3n) is 7.37. The molecule has 1 unspecified atom stereocenters. The fourth-order valence-corrected chi connectivity index (χ4v) is 6.28. The van der Waals surface area contributed by atoms with Crippen LogP contribution in [0.1, 0.15) is 30.9 Å². The van der Waals surface area contributed by atoms with Crippen molar-refractivity contribution in [1.29, 1.82) is 0 Å². The van der Waals surface area contributed by atoms with E-state index >= 15 is 0 Å². The minimum absolute atomic E-state index is 0.0428. The lowest BCUT2D eigenvalue weighted by Crippen LogP contribution is -2.53. The van der Waals surface area contributed by atoms with E-state index < -0.39 is 40.2 Å². The van der Waals surface area contributed by atoms with Crippen molar-refractivity contribution < 1.29 is 27.1 Å². The zero-order valence-corrected chi connectivity index (χ0v) is 26.3. The number of nitrogens with one attached hydrogen (secondary N) is 1. The van der Waals surface area contributed by atoms with Crippen LogP contribution in [0.25, 0.3) is 0 Å². The quantitative estimate of drug-likeness (QED) is 0.173. The Labute approximate surface area is 264 Å².